The molecule has 0 aliphatic heterocycles. The smallest absolute Gasteiger partial charge is 0.222 e. The first-order valence-corrected chi connectivity index (χ1v) is 30.4. The molecule has 0 saturated carbocycles. The van der Waals surface area contributed by atoms with Crippen molar-refractivity contribution in [1.82, 2.24) is 5.32 Å². The second kappa shape index (κ2) is 57.9. The van der Waals surface area contributed by atoms with E-state index in [0.717, 1.165) is 38.5 Å². The van der Waals surface area contributed by atoms with Crippen LogP contribution < -0.4 is 5.32 Å². The molecule has 0 aliphatic carbocycles. The summed E-state index contributed by atoms with van der Waals surface area (Å²) in [7, 11) is 0. The molecule has 3 atom stereocenters. The minimum atomic E-state index is -0.961. The van der Waals surface area contributed by atoms with Crippen molar-refractivity contribution in [2.75, 3.05) is 6.61 Å². The fourth-order valence-electron chi connectivity index (χ4n) is 9.43. The van der Waals surface area contributed by atoms with E-state index in [9.17, 15) is 20.1 Å². The minimum absolute atomic E-state index is 0.00348. The van der Waals surface area contributed by atoms with Crippen molar-refractivity contribution >= 4 is 5.91 Å². The Morgan fingerprint density at radius 2 is 0.632 bits per heavy atom. The van der Waals surface area contributed by atoms with Crippen LogP contribution in [-0.2, 0) is 4.79 Å². The molecule has 3 unspecified atom stereocenters. The quantitative estimate of drug-likeness (QED) is 0.0361. The van der Waals surface area contributed by atoms with Gasteiger partial charge in [0, 0.05) is 0 Å². The zero-order valence-electron chi connectivity index (χ0n) is 45.7. The van der Waals surface area contributed by atoms with Gasteiger partial charge in [0.15, 0.2) is 0 Å². The van der Waals surface area contributed by atoms with Gasteiger partial charge >= 0.3 is 0 Å². The molecule has 0 aromatic heterocycles. The van der Waals surface area contributed by atoms with Gasteiger partial charge in [-0.1, -0.05) is 294 Å². The van der Waals surface area contributed by atoms with Gasteiger partial charge in [0.1, 0.15) is 0 Å². The lowest BCUT2D eigenvalue weighted by Gasteiger charge is -2.21. The van der Waals surface area contributed by atoms with E-state index in [1.165, 1.54) is 257 Å². The Balaban J connectivity index is 3.57. The van der Waals surface area contributed by atoms with Crippen LogP contribution in [0.4, 0.5) is 0 Å². The van der Waals surface area contributed by atoms with Gasteiger partial charge in [-0.3, -0.25) is 4.79 Å². The fourth-order valence-corrected chi connectivity index (χ4v) is 9.43. The van der Waals surface area contributed by atoms with Gasteiger partial charge < -0.3 is 20.6 Å². The molecule has 0 aliphatic rings. The Morgan fingerprint density at radius 1 is 0.368 bits per heavy atom. The number of amides is 1. The second-order valence-corrected chi connectivity index (χ2v) is 20.9. The molecule has 0 fully saturated rings. The third-order valence-corrected chi connectivity index (χ3v) is 14.1. The molecule has 0 bridgehead atoms. The van der Waals surface area contributed by atoms with Crippen molar-refractivity contribution < 1.29 is 20.1 Å². The number of hydrogen-bond donors (Lipinski definition) is 4. The van der Waals surface area contributed by atoms with Crippen LogP contribution in [0.1, 0.15) is 322 Å². The van der Waals surface area contributed by atoms with Crippen LogP contribution >= 0.6 is 0 Å². The number of hydrogen-bond acceptors (Lipinski definition) is 4. The molecule has 0 aromatic rings. The van der Waals surface area contributed by atoms with Crippen molar-refractivity contribution in [1.29, 1.82) is 0 Å². The Morgan fingerprint density at radius 3 is 0.941 bits per heavy atom. The second-order valence-electron chi connectivity index (χ2n) is 20.9. The zero-order chi connectivity index (χ0) is 49.3. The number of allylic oxidation sites excluding steroid dienone is 7. The molecule has 0 rings (SSSR count). The molecule has 400 valence electrons. The molecular weight excluding hydrogens is 835 g/mol. The summed E-state index contributed by atoms with van der Waals surface area (Å²) in [5.41, 5.74) is 0. The molecule has 0 aromatic carbocycles. The van der Waals surface area contributed by atoms with Crippen molar-refractivity contribution in [2.24, 2.45) is 0 Å². The first-order valence-electron chi connectivity index (χ1n) is 30.4. The molecule has 68 heavy (non-hydrogen) atoms. The average molecular weight is 955 g/mol. The number of unbranched alkanes of at least 4 members (excludes halogenated alkanes) is 41. The number of rotatable bonds is 56. The lowest BCUT2D eigenvalue weighted by molar-refractivity contribution is -0.124. The van der Waals surface area contributed by atoms with Crippen LogP contribution in [0.25, 0.3) is 0 Å². The predicted octanol–water partition coefficient (Wildman–Crippen LogP) is 19.2. The van der Waals surface area contributed by atoms with Gasteiger partial charge in [-0.2, -0.15) is 0 Å². The summed E-state index contributed by atoms with van der Waals surface area (Å²) < 4.78 is 0. The maximum absolute atomic E-state index is 12.5. The molecule has 4 N–H and O–H groups in total. The average Bonchev–Trinajstić information content (AvgIpc) is 3.33. The maximum atomic E-state index is 12.5. The van der Waals surface area contributed by atoms with Gasteiger partial charge in [-0.25, -0.2) is 0 Å². The molecular formula is C63H119NO4. The highest BCUT2D eigenvalue weighted by atomic mass is 16.3. The zero-order valence-corrected chi connectivity index (χ0v) is 45.7. The van der Waals surface area contributed by atoms with Crippen molar-refractivity contribution in [2.45, 2.75) is 340 Å². The summed E-state index contributed by atoms with van der Waals surface area (Å²) in [6.07, 6.45) is 77.5. The van der Waals surface area contributed by atoms with E-state index < -0.39 is 18.2 Å². The van der Waals surface area contributed by atoms with Gasteiger partial charge in [-0.05, 0) is 70.6 Å². The lowest BCUT2D eigenvalue weighted by atomic mass is 10.0. The Bertz CT molecular complexity index is 1100. The third kappa shape index (κ3) is 53.7. The number of aliphatic hydroxyl groups excluding tert-OH is 3. The SMILES string of the molecule is CCCCCCCCCCCCCC/C=C\CCCCCCCCCCCCCCCCCC(O)CC(=O)NC(CO)C(O)/C=C/CC/C=C/CC/C=C/CCCCCCCCCCCCCC. The Kier molecular flexibility index (Phi) is 56.4. The van der Waals surface area contributed by atoms with E-state index >= 15 is 0 Å². The van der Waals surface area contributed by atoms with E-state index in [1.54, 1.807) is 6.08 Å². The first-order chi connectivity index (χ1) is 33.5. The standard InChI is InChI=1S/C63H119NO4/c1-3-5-7-9-11-13-15-17-19-21-23-25-27-28-29-30-31-32-33-34-35-36-38-40-42-44-46-48-50-52-54-56-60(66)58-63(68)64-61(59-65)62(67)57-55-53-51-49-47-45-43-41-39-37-26-24-22-20-18-16-14-12-10-8-6-4-2/h28-29,39,41,47,49,55,57,60-62,65-67H,3-27,30-38,40,42-46,48,50-54,56,58-59H2,1-2H3,(H,64,68)/b29-28-,41-39+,49-47+,57-55+. The monoisotopic (exact) mass is 954 g/mol. The number of carbonyl (C=O) groups is 1. The van der Waals surface area contributed by atoms with Crippen LogP contribution in [0.5, 0.6) is 0 Å². The van der Waals surface area contributed by atoms with E-state index in [0.29, 0.717) is 6.42 Å². The largest absolute Gasteiger partial charge is 0.394 e. The molecule has 0 saturated heterocycles. The molecule has 0 heterocycles. The third-order valence-electron chi connectivity index (χ3n) is 14.1. The normalized spacial score (nSPS) is 13.5. The molecule has 0 radical (unpaired) electrons. The summed E-state index contributed by atoms with van der Waals surface area (Å²) >= 11 is 0. The molecule has 0 spiro atoms. The van der Waals surface area contributed by atoms with E-state index in [1.807, 2.05) is 6.08 Å². The minimum Gasteiger partial charge on any atom is -0.394 e. The topological polar surface area (TPSA) is 89.8 Å². The number of nitrogens with one attached hydrogen (secondary N) is 1. The van der Waals surface area contributed by atoms with E-state index in [4.69, 9.17) is 0 Å². The van der Waals surface area contributed by atoms with E-state index in [-0.39, 0.29) is 18.9 Å². The van der Waals surface area contributed by atoms with Gasteiger partial charge in [-0.15, -0.1) is 0 Å². The highest BCUT2D eigenvalue weighted by Gasteiger charge is 2.20. The molecule has 5 nitrogen and oxygen atoms in total. The van der Waals surface area contributed by atoms with Crippen molar-refractivity contribution in [3.63, 3.8) is 0 Å². The van der Waals surface area contributed by atoms with Gasteiger partial charge in [0.05, 0.1) is 31.3 Å². The van der Waals surface area contributed by atoms with Crippen LogP contribution in [0.2, 0.25) is 0 Å². The van der Waals surface area contributed by atoms with Crippen LogP contribution in [0, 0.1) is 0 Å². The van der Waals surface area contributed by atoms with Crippen LogP contribution in [0.15, 0.2) is 48.6 Å². The molecule has 1 amide bonds. The van der Waals surface area contributed by atoms with Gasteiger partial charge in [0.25, 0.3) is 0 Å². The summed E-state index contributed by atoms with van der Waals surface area (Å²) in [5, 5.41) is 33.5. The van der Waals surface area contributed by atoms with Crippen LogP contribution in [-0.4, -0.2) is 46.1 Å². The first kappa shape index (κ1) is 66.3. The fraction of sp³-hybridized carbons (Fsp3) is 0.857. The van der Waals surface area contributed by atoms with Crippen molar-refractivity contribution in [3.8, 4) is 0 Å². The summed E-state index contributed by atoms with van der Waals surface area (Å²) in [6, 6.07) is -0.769. The van der Waals surface area contributed by atoms with Gasteiger partial charge in [0.2, 0.25) is 5.91 Å². The molecule has 5 heteroatoms. The summed E-state index contributed by atoms with van der Waals surface area (Å²) in [6.45, 7) is 4.23. The predicted molar refractivity (Wildman–Crippen MR) is 301 cm³/mol. The highest BCUT2D eigenvalue weighted by molar-refractivity contribution is 5.76. The summed E-state index contributed by atoms with van der Waals surface area (Å²) in [5.74, 6) is -0.325. The van der Waals surface area contributed by atoms with Crippen LogP contribution in [0.3, 0.4) is 0 Å². The highest BCUT2D eigenvalue weighted by Crippen LogP contribution is 2.17. The number of carbonyl (C=O) groups excluding carboxylic acids is 1. The maximum Gasteiger partial charge on any atom is 0.222 e. The number of aliphatic hydroxyl groups is 3. The Hall–Kier alpha value is -1.69. The summed E-state index contributed by atoms with van der Waals surface area (Å²) in [4.78, 5) is 12.5. The van der Waals surface area contributed by atoms with Crippen molar-refractivity contribution in [3.05, 3.63) is 48.6 Å². The lowest BCUT2D eigenvalue weighted by Crippen LogP contribution is -2.45. The Labute approximate surface area is 425 Å². The van der Waals surface area contributed by atoms with E-state index in [2.05, 4.69) is 55.6 Å².